The minimum absolute atomic E-state index is 0.219. The molecule has 0 aliphatic heterocycles. The highest BCUT2D eigenvalue weighted by atomic mass is 32.1. The van der Waals surface area contributed by atoms with Gasteiger partial charge in [-0.05, 0) is 27.2 Å². The molecule has 3 nitrogen and oxygen atoms in total. The Bertz CT molecular complexity index is 427. The fourth-order valence-corrected chi connectivity index (χ4v) is 3.83. The van der Waals surface area contributed by atoms with E-state index < -0.39 is 0 Å². The second-order valence-corrected chi connectivity index (χ2v) is 7.14. The van der Waals surface area contributed by atoms with Gasteiger partial charge < -0.3 is 10.1 Å². The predicted molar refractivity (Wildman–Crippen MR) is 76.1 cm³/mol. The van der Waals surface area contributed by atoms with E-state index in [1.807, 2.05) is 7.11 Å². The first kappa shape index (κ1) is 14.0. The van der Waals surface area contributed by atoms with E-state index in [1.165, 1.54) is 4.88 Å². The molecule has 1 aromatic heterocycles. The number of methoxy groups -OCH3 is 1. The molecule has 3 unspecified atom stereocenters. The Morgan fingerprint density at radius 3 is 2.56 bits per heavy atom. The molecule has 0 spiro atoms. The molecule has 2 rings (SSSR count). The van der Waals surface area contributed by atoms with Crippen LogP contribution in [0.4, 0.5) is 0 Å². The topological polar surface area (TPSA) is 34.1 Å². The minimum atomic E-state index is 0.219. The van der Waals surface area contributed by atoms with E-state index in [0.717, 1.165) is 17.1 Å². The first-order valence-corrected chi connectivity index (χ1v) is 7.40. The molecule has 3 atom stereocenters. The fourth-order valence-electron chi connectivity index (χ4n) is 2.89. The standard InChI is InChI=1S/C14H24N2OS/c1-8-13(18-10(3)15-8)9(2)16-11-7-12(17-6)14(11,4)5/h9,11-12,16H,7H2,1-6H3. The van der Waals surface area contributed by atoms with Gasteiger partial charge >= 0.3 is 0 Å². The van der Waals surface area contributed by atoms with Crippen molar-refractivity contribution in [3.8, 4) is 0 Å². The molecule has 0 radical (unpaired) electrons. The van der Waals surface area contributed by atoms with Crippen LogP contribution in [0.25, 0.3) is 0 Å². The molecule has 1 N–H and O–H groups in total. The number of hydrogen-bond acceptors (Lipinski definition) is 4. The summed E-state index contributed by atoms with van der Waals surface area (Å²) < 4.78 is 5.50. The lowest BCUT2D eigenvalue weighted by Crippen LogP contribution is -2.60. The lowest BCUT2D eigenvalue weighted by Gasteiger charge is -2.52. The van der Waals surface area contributed by atoms with E-state index in [4.69, 9.17) is 4.74 Å². The molecule has 0 bridgehead atoms. The molecule has 0 aromatic carbocycles. The Morgan fingerprint density at radius 1 is 1.44 bits per heavy atom. The molecule has 1 saturated carbocycles. The molecular formula is C14H24N2OS. The van der Waals surface area contributed by atoms with Gasteiger partial charge in [-0.25, -0.2) is 4.98 Å². The number of hydrogen-bond donors (Lipinski definition) is 1. The van der Waals surface area contributed by atoms with Gasteiger partial charge in [-0.1, -0.05) is 13.8 Å². The van der Waals surface area contributed by atoms with Crippen molar-refractivity contribution in [2.45, 2.75) is 59.2 Å². The summed E-state index contributed by atoms with van der Waals surface area (Å²) in [5.41, 5.74) is 1.38. The summed E-state index contributed by atoms with van der Waals surface area (Å²) in [4.78, 5) is 5.87. The number of nitrogens with zero attached hydrogens (tertiary/aromatic N) is 1. The number of thiazole rings is 1. The molecule has 4 heteroatoms. The maximum atomic E-state index is 5.50. The molecule has 102 valence electrons. The Labute approximate surface area is 114 Å². The van der Waals surface area contributed by atoms with Gasteiger partial charge in [0.15, 0.2) is 0 Å². The van der Waals surface area contributed by atoms with E-state index in [0.29, 0.717) is 18.2 Å². The second-order valence-electron chi connectivity index (χ2n) is 5.90. The molecule has 18 heavy (non-hydrogen) atoms. The number of aromatic nitrogens is 1. The van der Waals surface area contributed by atoms with Crippen molar-refractivity contribution in [1.29, 1.82) is 0 Å². The summed E-state index contributed by atoms with van der Waals surface area (Å²) in [5.74, 6) is 0. The van der Waals surface area contributed by atoms with E-state index in [1.54, 1.807) is 11.3 Å². The molecule has 1 aliphatic carbocycles. The van der Waals surface area contributed by atoms with Gasteiger partial charge in [0, 0.05) is 29.5 Å². The van der Waals surface area contributed by atoms with Crippen molar-refractivity contribution in [1.82, 2.24) is 10.3 Å². The maximum absolute atomic E-state index is 5.50. The van der Waals surface area contributed by atoms with Crippen molar-refractivity contribution in [3.05, 3.63) is 15.6 Å². The van der Waals surface area contributed by atoms with Gasteiger partial charge in [-0.3, -0.25) is 0 Å². The summed E-state index contributed by atoms with van der Waals surface area (Å²) in [6, 6.07) is 0.900. The number of aryl methyl sites for hydroxylation is 2. The van der Waals surface area contributed by atoms with Crippen LogP contribution in [0.15, 0.2) is 0 Å². The molecular weight excluding hydrogens is 244 g/mol. The number of nitrogens with one attached hydrogen (secondary N) is 1. The zero-order valence-electron chi connectivity index (χ0n) is 12.2. The summed E-state index contributed by atoms with van der Waals surface area (Å²) >= 11 is 1.80. The number of rotatable bonds is 4. The van der Waals surface area contributed by atoms with Gasteiger partial charge in [0.25, 0.3) is 0 Å². The van der Waals surface area contributed by atoms with Crippen molar-refractivity contribution in [2.75, 3.05) is 7.11 Å². The number of ether oxygens (including phenoxy) is 1. The van der Waals surface area contributed by atoms with Gasteiger partial charge in [-0.15, -0.1) is 11.3 Å². The lowest BCUT2D eigenvalue weighted by atomic mass is 9.64. The third-order valence-electron chi connectivity index (χ3n) is 4.25. The smallest absolute Gasteiger partial charge is 0.0900 e. The van der Waals surface area contributed by atoms with E-state index in [2.05, 4.69) is 44.9 Å². The Kier molecular flexibility index (Phi) is 3.81. The van der Waals surface area contributed by atoms with Crippen molar-refractivity contribution in [2.24, 2.45) is 5.41 Å². The average Bonchev–Trinajstić information content (AvgIpc) is 2.63. The van der Waals surface area contributed by atoms with Crippen LogP contribution >= 0.6 is 11.3 Å². The summed E-state index contributed by atoms with van der Waals surface area (Å²) in [6.45, 7) is 11.0. The lowest BCUT2D eigenvalue weighted by molar-refractivity contribution is -0.0998. The average molecular weight is 268 g/mol. The van der Waals surface area contributed by atoms with Crippen molar-refractivity contribution >= 4 is 11.3 Å². The minimum Gasteiger partial charge on any atom is -0.381 e. The zero-order valence-corrected chi connectivity index (χ0v) is 13.0. The Morgan fingerprint density at radius 2 is 2.11 bits per heavy atom. The highest BCUT2D eigenvalue weighted by molar-refractivity contribution is 7.11. The molecule has 1 heterocycles. The van der Waals surface area contributed by atoms with Crippen LogP contribution < -0.4 is 5.32 Å². The second kappa shape index (κ2) is 4.91. The third kappa shape index (κ3) is 2.33. The van der Waals surface area contributed by atoms with Crippen LogP contribution in [-0.2, 0) is 4.74 Å². The van der Waals surface area contributed by atoms with Crippen LogP contribution in [0.3, 0.4) is 0 Å². The summed E-state index contributed by atoms with van der Waals surface area (Å²) in [6.07, 6.45) is 1.48. The quantitative estimate of drug-likeness (QED) is 0.910. The Hall–Kier alpha value is -0.450. The fraction of sp³-hybridized carbons (Fsp3) is 0.786. The SMILES string of the molecule is COC1CC(NC(C)c2sc(C)nc2C)C1(C)C. The van der Waals surface area contributed by atoms with Gasteiger partial charge in [0.2, 0.25) is 0 Å². The predicted octanol–water partition coefficient (Wildman–Crippen LogP) is 3.22. The first-order chi connectivity index (χ1) is 8.36. The maximum Gasteiger partial charge on any atom is 0.0900 e. The summed E-state index contributed by atoms with van der Waals surface area (Å²) in [7, 11) is 1.81. The summed E-state index contributed by atoms with van der Waals surface area (Å²) in [5, 5.41) is 4.88. The van der Waals surface area contributed by atoms with Crippen molar-refractivity contribution in [3.63, 3.8) is 0 Å². The third-order valence-corrected chi connectivity index (χ3v) is 5.50. The molecule has 1 fully saturated rings. The zero-order chi connectivity index (χ0) is 13.5. The largest absolute Gasteiger partial charge is 0.381 e. The van der Waals surface area contributed by atoms with Crippen molar-refractivity contribution < 1.29 is 4.74 Å². The first-order valence-electron chi connectivity index (χ1n) is 6.59. The van der Waals surface area contributed by atoms with Gasteiger partial charge in [0.05, 0.1) is 16.8 Å². The van der Waals surface area contributed by atoms with Crippen LogP contribution in [0, 0.1) is 19.3 Å². The van der Waals surface area contributed by atoms with Crippen LogP contribution in [-0.4, -0.2) is 24.2 Å². The molecule has 1 aromatic rings. The van der Waals surface area contributed by atoms with Crippen LogP contribution in [0.1, 0.15) is 48.8 Å². The monoisotopic (exact) mass is 268 g/mol. The van der Waals surface area contributed by atoms with Gasteiger partial charge in [-0.2, -0.15) is 0 Å². The Balaban J connectivity index is 2.01. The van der Waals surface area contributed by atoms with Crippen LogP contribution in [0.2, 0.25) is 0 Å². The van der Waals surface area contributed by atoms with Crippen LogP contribution in [0.5, 0.6) is 0 Å². The normalized spacial score (nSPS) is 27.9. The highest BCUT2D eigenvalue weighted by Gasteiger charge is 2.48. The molecule has 1 aliphatic rings. The van der Waals surface area contributed by atoms with E-state index >= 15 is 0 Å². The molecule has 0 saturated heterocycles. The van der Waals surface area contributed by atoms with E-state index in [9.17, 15) is 0 Å². The highest BCUT2D eigenvalue weighted by Crippen LogP contribution is 2.43. The molecule has 0 amide bonds. The van der Waals surface area contributed by atoms with Gasteiger partial charge in [0.1, 0.15) is 0 Å². The van der Waals surface area contributed by atoms with E-state index in [-0.39, 0.29) is 5.41 Å².